The van der Waals surface area contributed by atoms with Crippen molar-refractivity contribution in [1.29, 1.82) is 0 Å². The molecule has 5 heteroatoms. The van der Waals surface area contributed by atoms with Crippen molar-refractivity contribution in [1.82, 2.24) is 0 Å². The summed E-state index contributed by atoms with van der Waals surface area (Å²) in [5, 5.41) is 3.25. The molecule has 0 aliphatic rings. The third kappa shape index (κ3) is 4.38. The number of ether oxygens (including phenoxy) is 1. The summed E-state index contributed by atoms with van der Waals surface area (Å²) < 4.78 is 19.5. The third-order valence-electron chi connectivity index (χ3n) is 2.74. The van der Waals surface area contributed by atoms with Crippen molar-refractivity contribution in [3.8, 4) is 18.1 Å². The van der Waals surface area contributed by atoms with E-state index in [1.54, 1.807) is 6.07 Å². The van der Waals surface area contributed by atoms with Gasteiger partial charge in [-0.1, -0.05) is 33.5 Å². The fraction of sp³-hybridized carbons (Fsp3) is 0.125. The van der Waals surface area contributed by atoms with Crippen LogP contribution in [0.15, 0.2) is 40.9 Å². The summed E-state index contributed by atoms with van der Waals surface area (Å²) in [4.78, 5) is 0. The maximum absolute atomic E-state index is 13.1. The van der Waals surface area contributed by atoms with E-state index in [1.807, 2.05) is 18.2 Å². The summed E-state index contributed by atoms with van der Waals surface area (Å²) >= 11 is 9.17. The highest BCUT2D eigenvalue weighted by molar-refractivity contribution is 9.10. The molecule has 1 N–H and O–H groups in total. The molecule has 0 unspecified atom stereocenters. The second-order valence-corrected chi connectivity index (χ2v) is 5.55. The first-order valence-electron chi connectivity index (χ1n) is 6.14. The highest BCUT2D eigenvalue weighted by Crippen LogP contribution is 2.25. The average Bonchev–Trinajstić information content (AvgIpc) is 2.47. The Hall–Kier alpha value is -1.70. The number of anilines is 1. The maximum atomic E-state index is 13.1. The minimum atomic E-state index is -0.442. The number of terminal acetylenes is 1. The molecule has 2 nitrogen and oxygen atoms in total. The van der Waals surface area contributed by atoms with E-state index in [2.05, 4.69) is 27.2 Å². The summed E-state index contributed by atoms with van der Waals surface area (Å²) in [5.41, 5.74) is 1.66. The fourth-order valence-corrected chi connectivity index (χ4v) is 2.34. The summed E-state index contributed by atoms with van der Waals surface area (Å²) in [7, 11) is 0. The number of benzene rings is 2. The van der Waals surface area contributed by atoms with E-state index in [1.165, 1.54) is 12.1 Å². The average molecular weight is 369 g/mol. The Labute approximate surface area is 136 Å². The molecule has 2 rings (SSSR count). The highest BCUT2D eigenvalue weighted by atomic mass is 79.9. The molecule has 2 aromatic carbocycles. The lowest BCUT2D eigenvalue weighted by Gasteiger charge is -2.12. The van der Waals surface area contributed by atoms with E-state index in [4.69, 9.17) is 22.8 Å². The topological polar surface area (TPSA) is 21.3 Å². The molecule has 0 bridgehead atoms. The standard InChI is InChI=1S/C16H12BrClFNO/c1-2-7-21-16-6-3-12(17)8-11(16)10-20-13-4-5-15(19)14(18)9-13/h1,3-6,8-9,20H,7,10H2. The molecule has 0 spiro atoms. The van der Waals surface area contributed by atoms with E-state index in [0.29, 0.717) is 12.3 Å². The van der Waals surface area contributed by atoms with E-state index in [9.17, 15) is 4.39 Å². The van der Waals surface area contributed by atoms with Crippen LogP contribution in [-0.4, -0.2) is 6.61 Å². The first kappa shape index (κ1) is 15.7. The predicted molar refractivity (Wildman–Crippen MR) is 87.2 cm³/mol. The molecule has 21 heavy (non-hydrogen) atoms. The second kappa shape index (κ2) is 7.35. The van der Waals surface area contributed by atoms with Crippen LogP contribution in [0.1, 0.15) is 5.56 Å². The Morgan fingerprint density at radius 1 is 1.29 bits per heavy atom. The van der Waals surface area contributed by atoms with Crippen molar-refractivity contribution < 1.29 is 9.13 Å². The maximum Gasteiger partial charge on any atom is 0.148 e. The lowest BCUT2D eigenvalue weighted by Crippen LogP contribution is -2.04. The molecular formula is C16H12BrClFNO. The molecule has 0 heterocycles. The molecule has 0 atom stereocenters. The van der Waals surface area contributed by atoms with Gasteiger partial charge in [-0.25, -0.2) is 4.39 Å². The van der Waals surface area contributed by atoms with Crippen molar-refractivity contribution in [2.75, 3.05) is 11.9 Å². The summed E-state index contributed by atoms with van der Waals surface area (Å²) in [6, 6.07) is 10.1. The van der Waals surface area contributed by atoms with Gasteiger partial charge in [-0.05, 0) is 36.4 Å². The van der Waals surface area contributed by atoms with Gasteiger partial charge in [0.05, 0.1) is 5.02 Å². The van der Waals surface area contributed by atoms with Crippen molar-refractivity contribution >= 4 is 33.2 Å². The lowest BCUT2D eigenvalue weighted by atomic mass is 10.2. The van der Waals surface area contributed by atoms with E-state index in [0.717, 1.165) is 15.7 Å². The first-order chi connectivity index (χ1) is 10.1. The van der Waals surface area contributed by atoms with Crippen LogP contribution in [0.25, 0.3) is 0 Å². The number of hydrogen-bond acceptors (Lipinski definition) is 2. The Kier molecular flexibility index (Phi) is 5.49. The highest BCUT2D eigenvalue weighted by Gasteiger charge is 2.06. The minimum absolute atomic E-state index is 0.0815. The van der Waals surface area contributed by atoms with E-state index in [-0.39, 0.29) is 11.6 Å². The molecule has 0 aliphatic carbocycles. The molecule has 0 saturated carbocycles. The van der Waals surface area contributed by atoms with Gasteiger partial charge in [0.1, 0.15) is 18.2 Å². The molecule has 0 aliphatic heterocycles. The quantitative estimate of drug-likeness (QED) is 0.761. The van der Waals surface area contributed by atoms with Gasteiger partial charge >= 0.3 is 0 Å². The van der Waals surface area contributed by atoms with Gasteiger partial charge in [0, 0.05) is 22.3 Å². The Balaban J connectivity index is 2.13. The Morgan fingerprint density at radius 2 is 2.10 bits per heavy atom. The zero-order chi connectivity index (χ0) is 15.2. The SMILES string of the molecule is C#CCOc1ccc(Br)cc1CNc1ccc(F)c(Cl)c1. The predicted octanol–water partition coefficient (Wildman–Crippen LogP) is 4.87. The lowest BCUT2D eigenvalue weighted by molar-refractivity contribution is 0.366. The van der Waals surface area contributed by atoms with Gasteiger partial charge in [0.2, 0.25) is 0 Å². The fourth-order valence-electron chi connectivity index (χ4n) is 1.75. The molecule has 0 amide bonds. The third-order valence-corrected chi connectivity index (χ3v) is 3.52. The van der Waals surface area contributed by atoms with E-state index >= 15 is 0 Å². The van der Waals surface area contributed by atoms with Crippen LogP contribution in [0.5, 0.6) is 5.75 Å². The molecule has 0 radical (unpaired) electrons. The summed E-state index contributed by atoms with van der Waals surface area (Å²) in [5.74, 6) is 2.70. The van der Waals surface area contributed by atoms with Crippen LogP contribution in [0, 0.1) is 18.2 Å². The van der Waals surface area contributed by atoms with Crippen LogP contribution in [0.2, 0.25) is 5.02 Å². The molecule has 0 saturated heterocycles. The number of hydrogen-bond donors (Lipinski definition) is 1. The van der Waals surface area contributed by atoms with Crippen molar-refractivity contribution in [3.05, 3.63) is 57.3 Å². The molecule has 0 aromatic heterocycles. The summed E-state index contributed by atoms with van der Waals surface area (Å²) in [6.45, 7) is 0.707. The van der Waals surface area contributed by atoms with Crippen LogP contribution >= 0.6 is 27.5 Å². The number of nitrogens with one attached hydrogen (secondary N) is 1. The normalized spacial score (nSPS) is 10.0. The van der Waals surface area contributed by atoms with Gasteiger partial charge in [-0.3, -0.25) is 0 Å². The number of halogens is 3. The van der Waals surface area contributed by atoms with Gasteiger partial charge < -0.3 is 10.1 Å². The largest absolute Gasteiger partial charge is 0.481 e. The van der Waals surface area contributed by atoms with Crippen LogP contribution in [0.4, 0.5) is 10.1 Å². The molecular weight excluding hydrogens is 357 g/mol. The minimum Gasteiger partial charge on any atom is -0.481 e. The monoisotopic (exact) mass is 367 g/mol. The van der Waals surface area contributed by atoms with Crippen molar-refractivity contribution in [2.24, 2.45) is 0 Å². The van der Waals surface area contributed by atoms with Gasteiger partial charge in [0.25, 0.3) is 0 Å². The van der Waals surface area contributed by atoms with Crippen molar-refractivity contribution in [2.45, 2.75) is 6.54 Å². The van der Waals surface area contributed by atoms with Gasteiger partial charge in [-0.15, -0.1) is 6.42 Å². The molecule has 108 valence electrons. The van der Waals surface area contributed by atoms with Crippen LogP contribution in [0.3, 0.4) is 0 Å². The zero-order valence-electron chi connectivity index (χ0n) is 11.0. The van der Waals surface area contributed by atoms with Crippen LogP contribution < -0.4 is 10.1 Å². The summed E-state index contributed by atoms with van der Waals surface area (Å²) in [6.07, 6.45) is 5.20. The smallest absolute Gasteiger partial charge is 0.148 e. The van der Waals surface area contributed by atoms with E-state index < -0.39 is 5.82 Å². The molecule has 0 fully saturated rings. The second-order valence-electron chi connectivity index (χ2n) is 4.23. The number of rotatable bonds is 5. The van der Waals surface area contributed by atoms with Crippen LogP contribution in [-0.2, 0) is 6.54 Å². The Morgan fingerprint density at radius 3 is 2.81 bits per heavy atom. The zero-order valence-corrected chi connectivity index (χ0v) is 13.3. The molecule has 2 aromatic rings. The van der Waals surface area contributed by atoms with Crippen molar-refractivity contribution in [3.63, 3.8) is 0 Å². The van der Waals surface area contributed by atoms with Gasteiger partial charge in [0.15, 0.2) is 0 Å². The first-order valence-corrected chi connectivity index (χ1v) is 7.31. The Bertz CT molecular complexity index is 684. The van der Waals surface area contributed by atoms with Gasteiger partial charge in [-0.2, -0.15) is 0 Å².